The molecular weight excluding hydrogens is 415 g/mol. The summed E-state index contributed by atoms with van der Waals surface area (Å²) in [5, 5.41) is 5.81. The van der Waals surface area contributed by atoms with Crippen LogP contribution in [0.3, 0.4) is 0 Å². The van der Waals surface area contributed by atoms with E-state index >= 15 is 0 Å². The summed E-state index contributed by atoms with van der Waals surface area (Å²) in [5.41, 5.74) is 2.36. The molecule has 1 aliphatic heterocycles. The van der Waals surface area contributed by atoms with Crippen molar-refractivity contribution >= 4 is 23.1 Å². The van der Waals surface area contributed by atoms with Crippen molar-refractivity contribution in [2.24, 2.45) is 0 Å². The van der Waals surface area contributed by atoms with Crippen LogP contribution in [0, 0.1) is 13.8 Å². The van der Waals surface area contributed by atoms with Gasteiger partial charge >= 0.3 is 6.18 Å². The van der Waals surface area contributed by atoms with Gasteiger partial charge in [0.1, 0.15) is 18.2 Å². The third-order valence-electron chi connectivity index (χ3n) is 4.92. The van der Waals surface area contributed by atoms with Crippen LogP contribution in [0.5, 0.6) is 5.75 Å². The summed E-state index contributed by atoms with van der Waals surface area (Å²) in [6.07, 6.45) is -4.64. The first-order valence-corrected chi connectivity index (χ1v) is 10.3. The molecule has 4 rings (SSSR count). The van der Waals surface area contributed by atoms with Crippen LogP contribution in [0.4, 0.5) is 19.0 Å². The molecule has 0 saturated heterocycles. The maximum absolute atomic E-state index is 13.4. The van der Waals surface area contributed by atoms with Crippen molar-refractivity contribution in [2.75, 3.05) is 11.4 Å². The number of anilines is 1. The van der Waals surface area contributed by atoms with Crippen LogP contribution >= 0.6 is 11.3 Å². The molecule has 1 atom stereocenters. The number of hydrogen-bond donors (Lipinski definition) is 0. The summed E-state index contributed by atoms with van der Waals surface area (Å²) in [6, 6.07) is 9.20. The molecule has 0 bridgehead atoms. The third-order valence-corrected chi connectivity index (χ3v) is 5.89. The van der Waals surface area contributed by atoms with E-state index < -0.39 is 12.2 Å². The first-order chi connectivity index (χ1) is 14.2. The molecule has 0 radical (unpaired) electrons. The summed E-state index contributed by atoms with van der Waals surface area (Å²) in [5.74, 6) is 0.586. The number of hydrogen-bond acceptors (Lipinski definition) is 4. The predicted molar refractivity (Wildman–Crippen MR) is 108 cm³/mol. The SMILES string of the molecule is Cc1cccc(OCc2csc(C(=O)N3CCC(C(F)(F)F)n4nc(C)cc43)c2)c1. The quantitative estimate of drug-likeness (QED) is 0.559. The van der Waals surface area contributed by atoms with Crippen LogP contribution in [0.25, 0.3) is 0 Å². The number of aryl methyl sites for hydroxylation is 2. The average molecular weight is 435 g/mol. The molecule has 3 heterocycles. The smallest absolute Gasteiger partial charge is 0.410 e. The molecule has 30 heavy (non-hydrogen) atoms. The molecule has 5 nitrogen and oxygen atoms in total. The highest BCUT2D eigenvalue weighted by Crippen LogP contribution is 2.40. The largest absolute Gasteiger partial charge is 0.489 e. The molecule has 158 valence electrons. The fourth-order valence-electron chi connectivity index (χ4n) is 3.50. The van der Waals surface area contributed by atoms with Crippen molar-refractivity contribution in [3.05, 3.63) is 63.5 Å². The number of benzene rings is 1. The maximum atomic E-state index is 13.4. The number of thiophene rings is 1. The number of amides is 1. The molecule has 2 aromatic heterocycles. The monoisotopic (exact) mass is 435 g/mol. The van der Waals surface area contributed by atoms with Gasteiger partial charge in [-0.05, 0) is 49.4 Å². The van der Waals surface area contributed by atoms with E-state index in [4.69, 9.17) is 4.74 Å². The topological polar surface area (TPSA) is 47.4 Å². The zero-order chi connectivity index (χ0) is 21.5. The normalized spacial score (nSPS) is 16.4. The van der Waals surface area contributed by atoms with E-state index in [0.717, 1.165) is 21.6 Å². The minimum atomic E-state index is -4.41. The molecular formula is C21H20F3N3O2S. The van der Waals surface area contributed by atoms with E-state index in [1.165, 1.54) is 22.3 Å². The van der Waals surface area contributed by atoms with Crippen LogP contribution in [0.1, 0.15) is 39.0 Å². The second-order valence-electron chi connectivity index (χ2n) is 7.32. The summed E-state index contributed by atoms with van der Waals surface area (Å²) in [4.78, 5) is 14.9. The van der Waals surface area contributed by atoms with Gasteiger partial charge < -0.3 is 4.74 Å². The van der Waals surface area contributed by atoms with Crippen molar-refractivity contribution in [1.82, 2.24) is 9.78 Å². The Morgan fingerprint density at radius 2 is 2.07 bits per heavy atom. The van der Waals surface area contributed by atoms with Crippen LogP contribution < -0.4 is 9.64 Å². The number of carbonyl (C=O) groups excluding carboxylic acids is 1. The van der Waals surface area contributed by atoms with Crippen LogP contribution in [0.15, 0.2) is 41.8 Å². The molecule has 0 aliphatic carbocycles. The number of aromatic nitrogens is 2. The molecule has 1 amide bonds. The Morgan fingerprint density at radius 3 is 2.80 bits per heavy atom. The number of alkyl halides is 3. The minimum Gasteiger partial charge on any atom is -0.489 e. The highest BCUT2D eigenvalue weighted by Gasteiger charge is 2.46. The first kappa shape index (κ1) is 20.5. The van der Waals surface area contributed by atoms with Crippen molar-refractivity contribution in [3.63, 3.8) is 0 Å². The van der Waals surface area contributed by atoms with Crippen molar-refractivity contribution < 1.29 is 22.7 Å². The van der Waals surface area contributed by atoms with Crippen LogP contribution in [-0.4, -0.2) is 28.4 Å². The van der Waals surface area contributed by atoms with Gasteiger partial charge in [-0.3, -0.25) is 9.69 Å². The van der Waals surface area contributed by atoms with E-state index in [1.54, 1.807) is 13.0 Å². The van der Waals surface area contributed by atoms with E-state index in [2.05, 4.69) is 5.10 Å². The lowest BCUT2D eigenvalue weighted by Crippen LogP contribution is -2.42. The van der Waals surface area contributed by atoms with Gasteiger partial charge in [-0.1, -0.05) is 12.1 Å². The minimum absolute atomic E-state index is 0.0127. The van der Waals surface area contributed by atoms with E-state index in [1.807, 2.05) is 36.6 Å². The van der Waals surface area contributed by atoms with Crippen molar-refractivity contribution in [2.45, 2.75) is 39.1 Å². The van der Waals surface area contributed by atoms with Gasteiger partial charge in [-0.2, -0.15) is 18.3 Å². The predicted octanol–water partition coefficient (Wildman–Crippen LogP) is 5.29. The Labute approximate surface area is 175 Å². The molecule has 1 aromatic carbocycles. The van der Waals surface area contributed by atoms with Gasteiger partial charge in [0, 0.05) is 18.2 Å². The average Bonchev–Trinajstić information content (AvgIpc) is 3.30. The van der Waals surface area contributed by atoms with E-state index in [9.17, 15) is 18.0 Å². The molecule has 1 unspecified atom stereocenters. The Hall–Kier alpha value is -2.81. The van der Waals surface area contributed by atoms with Crippen molar-refractivity contribution in [3.8, 4) is 5.75 Å². The molecule has 0 N–H and O–H groups in total. The Bertz CT molecular complexity index is 1070. The lowest BCUT2D eigenvalue weighted by atomic mass is 10.1. The fraction of sp³-hybridized carbons (Fsp3) is 0.333. The van der Waals surface area contributed by atoms with Gasteiger partial charge in [0.15, 0.2) is 6.04 Å². The number of carbonyl (C=O) groups is 1. The van der Waals surface area contributed by atoms with Crippen LogP contribution in [-0.2, 0) is 6.61 Å². The Morgan fingerprint density at radius 1 is 1.27 bits per heavy atom. The maximum Gasteiger partial charge on any atom is 0.410 e. The highest BCUT2D eigenvalue weighted by atomic mass is 32.1. The number of nitrogens with zero attached hydrogens (tertiary/aromatic N) is 3. The summed E-state index contributed by atoms with van der Waals surface area (Å²) >= 11 is 1.25. The number of ether oxygens (including phenoxy) is 1. The molecule has 3 aromatic rings. The van der Waals surface area contributed by atoms with Gasteiger partial charge in [0.2, 0.25) is 0 Å². The number of halogens is 3. The standard InChI is InChI=1S/C21H20F3N3O2S/c1-13-4-3-5-16(8-13)29-11-15-10-17(30-12-15)20(28)26-7-6-18(21(22,23)24)27-19(26)9-14(2)25-27/h3-5,8-10,12,18H,6-7,11H2,1-2H3. The van der Waals surface area contributed by atoms with Gasteiger partial charge in [0.05, 0.1) is 10.6 Å². The van der Waals surface area contributed by atoms with E-state index in [0.29, 0.717) is 17.2 Å². The Kier molecular flexibility index (Phi) is 5.31. The number of fused-ring (bicyclic) bond motifs is 1. The summed E-state index contributed by atoms with van der Waals surface area (Å²) in [6.45, 7) is 3.89. The number of rotatable bonds is 4. The molecule has 0 fully saturated rings. The zero-order valence-electron chi connectivity index (χ0n) is 16.4. The molecule has 9 heteroatoms. The Balaban J connectivity index is 1.51. The van der Waals surface area contributed by atoms with Gasteiger partial charge in [0.25, 0.3) is 5.91 Å². The van der Waals surface area contributed by atoms with Gasteiger partial charge in [-0.15, -0.1) is 11.3 Å². The lowest BCUT2D eigenvalue weighted by Gasteiger charge is -2.33. The van der Waals surface area contributed by atoms with E-state index in [-0.39, 0.29) is 24.7 Å². The van der Waals surface area contributed by atoms with Crippen LogP contribution in [0.2, 0.25) is 0 Å². The second-order valence-corrected chi connectivity index (χ2v) is 8.23. The summed E-state index contributed by atoms with van der Waals surface area (Å²) < 4.78 is 46.8. The van der Waals surface area contributed by atoms with Crippen molar-refractivity contribution in [1.29, 1.82) is 0 Å². The lowest BCUT2D eigenvalue weighted by molar-refractivity contribution is -0.172. The molecule has 0 saturated carbocycles. The van der Waals surface area contributed by atoms with Gasteiger partial charge in [-0.25, -0.2) is 4.68 Å². The molecule has 0 spiro atoms. The molecule has 1 aliphatic rings. The zero-order valence-corrected chi connectivity index (χ0v) is 17.3. The highest BCUT2D eigenvalue weighted by molar-refractivity contribution is 7.12. The fourth-order valence-corrected chi connectivity index (χ4v) is 4.34. The summed E-state index contributed by atoms with van der Waals surface area (Å²) in [7, 11) is 0. The second kappa shape index (κ2) is 7.79. The third kappa shape index (κ3) is 4.07. The first-order valence-electron chi connectivity index (χ1n) is 9.44.